The Balaban J connectivity index is 2.52. The number of benzene rings is 2. The smallest absolute Gasteiger partial charge is 0.336 e. The fourth-order valence-electron chi connectivity index (χ4n) is 1.93. The van der Waals surface area contributed by atoms with Crippen LogP contribution >= 0.6 is 0 Å². The van der Waals surface area contributed by atoms with Gasteiger partial charge in [0.15, 0.2) is 6.17 Å². The minimum Gasteiger partial charge on any atom is -0.478 e. The number of carbonyl (C=O) groups is 1. The molecule has 0 saturated carbocycles. The van der Waals surface area contributed by atoms with Crippen LogP contribution in [-0.4, -0.2) is 17.5 Å². The molecule has 1 unspecified atom stereocenters. The zero-order valence-corrected chi connectivity index (χ0v) is 10.3. The molecule has 0 radical (unpaired) electrons. The van der Waals surface area contributed by atoms with Crippen molar-refractivity contribution in [3.05, 3.63) is 59.7 Å². The Bertz CT molecular complexity index is 612. The molecular weight excluding hydrogens is 269 g/mol. The molecule has 0 aliphatic heterocycles. The van der Waals surface area contributed by atoms with Gasteiger partial charge < -0.3 is 5.11 Å². The van der Waals surface area contributed by atoms with Crippen molar-refractivity contribution in [1.29, 1.82) is 0 Å². The maximum atomic E-state index is 13.3. The predicted molar refractivity (Wildman–Crippen MR) is 68.7 cm³/mol. The number of alkyl halides is 3. The lowest BCUT2D eigenvalue weighted by Crippen LogP contribution is -2.06. The van der Waals surface area contributed by atoms with Crippen LogP contribution in [0, 0.1) is 0 Å². The summed E-state index contributed by atoms with van der Waals surface area (Å²) in [6.07, 6.45) is -5.67. The number of hydrogen-bond donors (Lipinski definition) is 1. The van der Waals surface area contributed by atoms with Gasteiger partial charge in [0.1, 0.15) is 0 Å². The summed E-state index contributed by atoms with van der Waals surface area (Å²) in [5.74, 6) is -1.29. The number of rotatable bonds is 4. The Morgan fingerprint density at radius 3 is 2.20 bits per heavy atom. The average Bonchev–Trinajstić information content (AvgIpc) is 2.46. The Kier molecular flexibility index (Phi) is 4.08. The molecule has 0 heterocycles. The third-order valence-corrected chi connectivity index (χ3v) is 2.90. The largest absolute Gasteiger partial charge is 0.478 e. The second kappa shape index (κ2) is 5.77. The molecular formula is C15H11F3O2. The van der Waals surface area contributed by atoms with Crippen LogP contribution in [0.15, 0.2) is 48.5 Å². The van der Waals surface area contributed by atoms with Gasteiger partial charge in [0.25, 0.3) is 6.43 Å². The molecule has 0 aliphatic rings. The molecule has 0 aliphatic carbocycles. The second-order valence-electron chi connectivity index (χ2n) is 4.21. The van der Waals surface area contributed by atoms with E-state index in [0.29, 0.717) is 11.1 Å². The summed E-state index contributed by atoms with van der Waals surface area (Å²) in [4.78, 5) is 11.2. The third kappa shape index (κ3) is 2.82. The van der Waals surface area contributed by atoms with Crippen molar-refractivity contribution in [1.82, 2.24) is 0 Å². The number of carboxylic acid groups (broad SMARTS) is 1. The standard InChI is InChI=1S/C15H11F3O2/c16-13(14(17)18)10-6-7-11(12(8-10)15(19)20)9-4-2-1-3-5-9/h1-8,13-14H,(H,19,20). The van der Waals surface area contributed by atoms with Crippen LogP contribution in [-0.2, 0) is 0 Å². The molecule has 0 spiro atoms. The van der Waals surface area contributed by atoms with Gasteiger partial charge in [-0.1, -0.05) is 42.5 Å². The Morgan fingerprint density at radius 2 is 1.65 bits per heavy atom. The molecule has 0 bridgehead atoms. The van der Waals surface area contributed by atoms with E-state index < -0.39 is 18.6 Å². The Morgan fingerprint density at radius 1 is 1.00 bits per heavy atom. The molecule has 1 N–H and O–H groups in total. The molecule has 20 heavy (non-hydrogen) atoms. The fourth-order valence-corrected chi connectivity index (χ4v) is 1.93. The normalized spacial score (nSPS) is 12.4. The van der Waals surface area contributed by atoms with Gasteiger partial charge in [0.05, 0.1) is 5.56 Å². The lowest BCUT2D eigenvalue weighted by molar-refractivity contribution is 0.0493. The zero-order valence-electron chi connectivity index (χ0n) is 10.3. The molecule has 0 amide bonds. The van der Waals surface area contributed by atoms with Gasteiger partial charge in [0, 0.05) is 0 Å². The molecule has 2 rings (SSSR count). The van der Waals surface area contributed by atoms with Crippen molar-refractivity contribution < 1.29 is 23.1 Å². The SMILES string of the molecule is O=C(O)c1cc(C(F)C(F)F)ccc1-c1ccccc1. The summed E-state index contributed by atoms with van der Waals surface area (Å²) in [5, 5.41) is 9.16. The minimum atomic E-state index is -3.18. The van der Waals surface area contributed by atoms with Gasteiger partial charge in [-0.15, -0.1) is 0 Å². The van der Waals surface area contributed by atoms with Crippen LogP contribution in [0.2, 0.25) is 0 Å². The quantitative estimate of drug-likeness (QED) is 0.905. The number of aromatic carboxylic acids is 1. The molecule has 2 nitrogen and oxygen atoms in total. The number of hydrogen-bond acceptors (Lipinski definition) is 1. The molecule has 0 fully saturated rings. The summed E-state index contributed by atoms with van der Waals surface area (Å²) in [7, 11) is 0. The van der Waals surface area contributed by atoms with Gasteiger partial charge >= 0.3 is 5.97 Å². The summed E-state index contributed by atoms with van der Waals surface area (Å²) >= 11 is 0. The number of halogens is 3. The van der Waals surface area contributed by atoms with E-state index >= 15 is 0 Å². The molecule has 5 heteroatoms. The summed E-state index contributed by atoms with van der Waals surface area (Å²) in [6.45, 7) is 0. The number of carboxylic acids is 1. The summed E-state index contributed by atoms with van der Waals surface area (Å²) in [5.41, 5.74) is 0.460. The monoisotopic (exact) mass is 280 g/mol. The predicted octanol–water partition coefficient (Wildman–Crippen LogP) is 4.33. The summed E-state index contributed by atoms with van der Waals surface area (Å²) < 4.78 is 38.0. The van der Waals surface area contributed by atoms with E-state index in [1.807, 2.05) is 0 Å². The van der Waals surface area contributed by atoms with Crippen LogP contribution in [0.5, 0.6) is 0 Å². The first-order chi connectivity index (χ1) is 9.50. The average molecular weight is 280 g/mol. The Labute approximate surface area is 113 Å². The van der Waals surface area contributed by atoms with E-state index in [-0.39, 0.29) is 11.1 Å². The minimum absolute atomic E-state index is 0.197. The third-order valence-electron chi connectivity index (χ3n) is 2.90. The van der Waals surface area contributed by atoms with Gasteiger partial charge in [-0.05, 0) is 22.8 Å². The fraction of sp³-hybridized carbons (Fsp3) is 0.133. The first-order valence-electron chi connectivity index (χ1n) is 5.85. The van der Waals surface area contributed by atoms with Crippen LogP contribution in [0.1, 0.15) is 22.1 Å². The highest BCUT2D eigenvalue weighted by molar-refractivity contribution is 5.96. The van der Waals surface area contributed by atoms with E-state index in [4.69, 9.17) is 5.11 Å². The molecule has 2 aromatic carbocycles. The van der Waals surface area contributed by atoms with Crippen molar-refractivity contribution in [2.75, 3.05) is 0 Å². The first kappa shape index (κ1) is 14.1. The van der Waals surface area contributed by atoms with Gasteiger partial charge in [-0.2, -0.15) is 0 Å². The lowest BCUT2D eigenvalue weighted by atomic mass is 9.96. The van der Waals surface area contributed by atoms with Crippen molar-refractivity contribution >= 4 is 5.97 Å². The highest BCUT2D eigenvalue weighted by atomic mass is 19.3. The van der Waals surface area contributed by atoms with E-state index in [2.05, 4.69) is 0 Å². The molecule has 2 aromatic rings. The van der Waals surface area contributed by atoms with Crippen molar-refractivity contribution in [3.8, 4) is 11.1 Å². The highest BCUT2D eigenvalue weighted by Crippen LogP contribution is 2.30. The van der Waals surface area contributed by atoms with Crippen molar-refractivity contribution in [3.63, 3.8) is 0 Å². The highest BCUT2D eigenvalue weighted by Gasteiger charge is 2.23. The maximum Gasteiger partial charge on any atom is 0.336 e. The van der Waals surface area contributed by atoms with Crippen LogP contribution in [0.25, 0.3) is 11.1 Å². The second-order valence-corrected chi connectivity index (χ2v) is 4.21. The molecule has 104 valence electrons. The maximum absolute atomic E-state index is 13.3. The van der Waals surface area contributed by atoms with Crippen LogP contribution < -0.4 is 0 Å². The van der Waals surface area contributed by atoms with E-state index in [9.17, 15) is 18.0 Å². The van der Waals surface area contributed by atoms with Crippen molar-refractivity contribution in [2.24, 2.45) is 0 Å². The van der Waals surface area contributed by atoms with Gasteiger partial charge in [-0.25, -0.2) is 18.0 Å². The molecule has 0 aromatic heterocycles. The zero-order chi connectivity index (χ0) is 14.7. The van der Waals surface area contributed by atoms with Crippen LogP contribution in [0.3, 0.4) is 0 Å². The molecule has 1 atom stereocenters. The topological polar surface area (TPSA) is 37.3 Å². The van der Waals surface area contributed by atoms with Gasteiger partial charge in [-0.3, -0.25) is 0 Å². The van der Waals surface area contributed by atoms with Gasteiger partial charge in [0.2, 0.25) is 0 Å². The molecule has 0 saturated heterocycles. The van der Waals surface area contributed by atoms with E-state index in [1.54, 1.807) is 30.3 Å². The lowest BCUT2D eigenvalue weighted by Gasteiger charge is -2.11. The Hall–Kier alpha value is -2.30. The van der Waals surface area contributed by atoms with E-state index in [1.165, 1.54) is 12.1 Å². The van der Waals surface area contributed by atoms with Crippen molar-refractivity contribution in [2.45, 2.75) is 12.6 Å². The summed E-state index contributed by atoms with van der Waals surface area (Å²) in [6, 6.07) is 12.1. The van der Waals surface area contributed by atoms with E-state index in [0.717, 1.165) is 6.07 Å². The first-order valence-corrected chi connectivity index (χ1v) is 5.85. The van der Waals surface area contributed by atoms with Crippen LogP contribution in [0.4, 0.5) is 13.2 Å².